The molecule has 0 bridgehead atoms. The first-order valence-corrected chi connectivity index (χ1v) is 12.2. The molecule has 172 valence electrons. The molecule has 2 aromatic heterocycles. The van der Waals surface area contributed by atoms with Crippen molar-refractivity contribution in [3.63, 3.8) is 0 Å². The Labute approximate surface area is 196 Å². The number of urea groups is 1. The number of nitrogens with zero attached hydrogens (tertiary/aromatic N) is 2. The van der Waals surface area contributed by atoms with Gasteiger partial charge >= 0.3 is 6.03 Å². The first-order chi connectivity index (χ1) is 15.3. The largest absolute Gasteiger partial charge is 0.396 e. The van der Waals surface area contributed by atoms with E-state index in [9.17, 15) is 9.59 Å². The molecule has 32 heavy (non-hydrogen) atoms. The molecule has 0 aromatic carbocycles. The molecule has 1 unspecified atom stereocenters. The van der Waals surface area contributed by atoms with Gasteiger partial charge in [0.1, 0.15) is 5.54 Å². The fraction of sp³-hybridized carbons (Fsp3) is 0.364. The quantitative estimate of drug-likeness (QED) is 0.445. The van der Waals surface area contributed by atoms with Crippen molar-refractivity contribution < 1.29 is 9.59 Å². The number of dihydropyridines is 1. The van der Waals surface area contributed by atoms with Crippen LogP contribution in [0, 0.1) is 0 Å². The van der Waals surface area contributed by atoms with Crippen molar-refractivity contribution in [3.05, 3.63) is 51.5 Å². The summed E-state index contributed by atoms with van der Waals surface area (Å²) in [5, 5.41) is 16.4. The van der Waals surface area contributed by atoms with Gasteiger partial charge in [-0.3, -0.25) is 4.79 Å². The lowest BCUT2D eigenvalue weighted by Gasteiger charge is -2.30. The Morgan fingerprint density at radius 3 is 2.56 bits per heavy atom. The maximum Gasteiger partial charge on any atom is 0.322 e. The summed E-state index contributed by atoms with van der Waals surface area (Å²) in [6, 6.07) is 1.74. The van der Waals surface area contributed by atoms with Gasteiger partial charge in [0.2, 0.25) is 0 Å². The SMILES string of the molecule is CN(C)CCCN(CC1=CNC(C)(C(=O)Nc2cscc2N)C=C1)C(=O)Nc1ccsc1. The lowest BCUT2D eigenvalue weighted by molar-refractivity contribution is -0.119. The molecule has 0 saturated heterocycles. The molecule has 5 N–H and O–H groups in total. The van der Waals surface area contributed by atoms with Crippen molar-refractivity contribution in [1.82, 2.24) is 15.1 Å². The van der Waals surface area contributed by atoms with E-state index in [-0.39, 0.29) is 11.9 Å². The molecule has 2 aromatic rings. The lowest BCUT2D eigenvalue weighted by atomic mass is 9.96. The minimum atomic E-state index is -0.910. The normalized spacial score (nSPS) is 17.6. The number of nitrogens with two attached hydrogens (primary N) is 1. The highest BCUT2D eigenvalue weighted by molar-refractivity contribution is 7.09. The van der Waals surface area contributed by atoms with E-state index in [1.807, 2.05) is 48.5 Å². The summed E-state index contributed by atoms with van der Waals surface area (Å²) >= 11 is 2.97. The van der Waals surface area contributed by atoms with Gasteiger partial charge in [0.05, 0.1) is 17.1 Å². The van der Waals surface area contributed by atoms with Gasteiger partial charge in [-0.2, -0.15) is 11.3 Å². The van der Waals surface area contributed by atoms with Gasteiger partial charge in [0.25, 0.3) is 5.91 Å². The van der Waals surface area contributed by atoms with Crippen LogP contribution < -0.4 is 21.7 Å². The number of thiophene rings is 2. The van der Waals surface area contributed by atoms with E-state index in [1.54, 1.807) is 23.4 Å². The molecule has 3 heterocycles. The Morgan fingerprint density at radius 2 is 1.97 bits per heavy atom. The average Bonchev–Trinajstić information content (AvgIpc) is 3.40. The highest BCUT2D eigenvalue weighted by Gasteiger charge is 2.32. The number of hydrogen-bond donors (Lipinski definition) is 4. The molecule has 3 rings (SSSR count). The topological polar surface area (TPSA) is 103 Å². The van der Waals surface area contributed by atoms with Crippen molar-refractivity contribution in [1.29, 1.82) is 0 Å². The third-order valence-corrected chi connectivity index (χ3v) is 6.51. The van der Waals surface area contributed by atoms with E-state index in [4.69, 9.17) is 5.73 Å². The average molecular weight is 475 g/mol. The van der Waals surface area contributed by atoms with Gasteiger partial charge in [0, 0.05) is 35.4 Å². The molecule has 0 spiro atoms. The summed E-state index contributed by atoms with van der Waals surface area (Å²) in [6.07, 6.45) is 6.36. The van der Waals surface area contributed by atoms with Crippen LogP contribution in [-0.2, 0) is 4.79 Å². The number of hydrogen-bond acceptors (Lipinski definition) is 7. The van der Waals surface area contributed by atoms with Crippen LogP contribution in [0.2, 0.25) is 0 Å². The van der Waals surface area contributed by atoms with Crippen molar-refractivity contribution in [2.24, 2.45) is 0 Å². The zero-order valence-electron chi connectivity index (χ0n) is 18.6. The molecular weight excluding hydrogens is 444 g/mol. The Bertz CT molecular complexity index is 982. The molecule has 0 fully saturated rings. The van der Waals surface area contributed by atoms with E-state index in [1.165, 1.54) is 22.7 Å². The van der Waals surface area contributed by atoms with E-state index in [0.29, 0.717) is 24.5 Å². The second kappa shape index (κ2) is 10.7. The molecule has 3 amide bonds. The predicted octanol–water partition coefficient (Wildman–Crippen LogP) is 3.62. The van der Waals surface area contributed by atoms with Crippen LogP contribution >= 0.6 is 22.7 Å². The zero-order chi connectivity index (χ0) is 23.1. The van der Waals surface area contributed by atoms with Crippen LogP contribution in [0.4, 0.5) is 21.9 Å². The van der Waals surface area contributed by atoms with Gasteiger partial charge < -0.3 is 31.5 Å². The predicted molar refractivity (Wildman–Crippen MR) is 134 cm³/mol. The van der Waals surface area contributed by atoms with E-state index in [0.717, 1.165) is 24.2 Å². The number of nitrogens with one attached hydrogen (secondary N) is 3. The Morgan fingerprint density at radius 1 is 1.16 bits per heavy atom. The third-order valence-electron chi connectivity index (χ3n) is 5.07. The summed E-state index contributed by atoms with van der Waals surface area (Å²) in [5.74, 6) is -0.202. The second-order valence-electron chi connectivity index (χ2n) is 8.11. The van der Waals surface area contributed by atoms with Gasteiger partial charge in [-0.1, -0.05) is 6.08 Å². The number of carbonyl (C=O) groups is 2. The lowest BCUT2D eigenvalue weighted by Crippen LogP contribution is -2.50. The maximum absolute atomic E-state index is 12.9. The number of nitrogen functional groups attached to an aromatic ring is 1. The van der Waals surface area contributed by atoms with Crippen LogP contribution in [-0.4, -0.2) is 61.0 Å². The van der Waals surface area contributed by atoms with E-state index < -0.39 is 5.54 Å². The van der Waals surface area contributed by atoms with Crippen LogP contribution in [0.3, 0.4) is 0 Å². The maximum atomic E-state index is 12.9. The van der Waals surface area contributed by atoms with Gasteiger partial charge in [0.15, 0.2) is 0 Å². The molecule has 1 aliphatic heterocycles. The highest BCUT2D eigenvalue weighted by Crippen LogP contribution is 2.25. The molecule has 0 radical (unpaired) electrons. The first-order valence-electron chi connectivity index (χ1n) is 10.3. The number of rotatable bonds is 9. The van der Waals surface area contributed by atoms with Crippen molar-refractivity contribution in [2.75, 3.05) is 50.1 Å². The monoisotopic (exact) mass is 474 g/mol. The first kappa shape index (κ1) is 23.8. The minimum Gasteiger partial charge on any atom is -0.396 e. The summed E-state index contributed by atoms with van der Waals surface area (Å²) < 4.78 is 0. The molecule has 8 nitrogen and oxygen atoms in total. The molecule has 1 atom stereocenters. The molecule has 10 heteroatoms. The van der Waals surface area contributed by atoms with Crippen molar-refractivity contribution in [2.45, 2.75) is 18.9 Å². The number of amides is 3. The Hall–Kier alpha value is -2.82. The Balaban J connectivity index is 1.62. The molecule has 0 aliphatic carbocycles. The van der Waals surface area contributed by atoms with Crippen LogP contribution in [0.1, 0.15) is 13.3 Å². The molecule has 1 aliphatic rings. The van der Waals surface area contributed by atoms with E-state index >= 15 is 0 Å². The van der Waals surface area contributed by atoms with Crippen molar-refractivity contribution in [3.8, 4) is 0 Å². The van der Waals surface area contributed by atoms with Crippen LogP contribution in [0.15, 0.2) is 51.5 Å². The smallest absolute Gasteiger partial charge is 0.322 e. The Kier molecular flexibility index (Phi) is 7.94. The number of carbonyl (C=O) groups excluding carboxylic acids is 2. The van der Waals surface area contributed by atoms with Crippen LogP contribution in [0.5, 0.6) is 0 Å². The van der Waals surface area contributed by atoms with Gasteiger partial charge in [-0.15, -0.1) is 11.3 Å². The third kappa shape index (κ3) is 6.35. The second-order valence-corrected chi connectivity index (χ2v) is 9.64. The molecular formula is C22H30N6O2S2. The van der Waals surface area contributed by atoms with Gasteiger partial charge in [-0.25, -0.2) is 4.79 Å². The standard InChI is InChI=1S/C22H30N6O2S2/c1-22(20(29)26-19-15-32-14-18(19)23)7-5-16(11-24-22)12-28(9-4-8-27(2)3)21(30)25-17-6-10-31-13-17/h5-7,10-11,13-15,24H,4,8-9,12,23H2,1-3H3,(H,25,30)(H,26,29). The van der Waals surface area contributed by atoms with E-state index in [2.05, 4.69) is 20.9 Å². The summed E-state index contributed by atoms with van der Waals surface area (Å²) in [4.78, 5) is 29.5. The fourth-order valence-corrected chi connectivity index (χ4v) is 4.36. The van der Waals surface area contributed by atoms with Crippen LogP contribution in [0.25, 0.3) is 0 Å². The minimum absolute atomic E-state index is 0.143. The van der Waals surface area contributed by atoms with Crippen molar-refractivity contribution >= 4 is 51.7 Å². The number of anilines is 3. The highest BCUT2D eigenvalue weighted by atomic mass is 32.1. The molecule has 0 saturated carbocycles. The summed E-state index contributed by atoms with van der Waals surface area (Å²) in [5.41, 5.74) is 7.83. The van der Waals surface area contributed by atoms with Gasteiger partial charge in [-0.05, 0) is 57.1 Å². The zero-order valence-corrected chi connectivity index (χ0v) is 20.2. The summed E-state index contributed by atoms with van der Waals surface area (Å²) in [7, 11) is 4.03. The fourth-order valence-electron chi connectivity index (χ4n) is 3.10. The summed E-state index contributed by atoms with van der Waals surface area (Å²) in [6.45, 7) is 3.74.